The van der Waals surface area contributed by atoms with Crippen LogP contribution in [-0.2, 0) is 4.74 Å². The summed E-state index contributed by atoms with van der Waals surface area (Å²) in [5.41, 5.74) is -0.297. The molecule has 1 aliphatic carbocycles. The second kappa shape index (κ2) is 8.79. The van der Waals surface area contributed by atoms with Gasteiger partial charge in [-0.1, -0.05) is 18.2 Å². The van der Waals surface area contributed by atoms with Gasteiger partial charge in [0.1, 0.15) is 17.2 Å². The number of methoxy groups -OCH3 is 1. The number of hydrogen-bond donors (Lipinski definition) is 3. The molecule has 0 spiro atoms. The lowest BCUT2D eigenvalue weighted by atomic mass is 9.98. The van der Waals surface area contributed by atoms with Gasteiger partial charge >= 0.3 is 5.97 Å². The van der Waals surface area contributed by atoms with Crippen molar-refractivity contribution in [2.45, 2.75) is 12.3 Å². The Morgan fingerprint density at radius 3 is 2.42 bits per heavy atom. The zero-order valence-electron chi connectivity index (χ0n) is 17.6. The van der Waals surface area contributed by atoms with E-state index in [0.717, 1.165) is 12.1 Å². The number of rotatable bonds is 7. The third-order valence-electron chi connectivity index (χ3n) is 5.52. The largest absolute Gasteiger partial charge is 0.506 e. The summed E-state index contributed by atoms with van der Waals surface area (Å²) >= 11 is 0. The molecule has 3 aromatic rings. The highest BCUT2D eigenvalue weighted by atomic mass is 16.5. The highest BCUT2D eigenvalue weighted by Gasteiger charge is 2.42. The maximum atomic E-state index is 13.2. The number of aromatic hydroxyl groups is 1. The summed E-state index contributed by atoms with van der Waals surface area (Å²) < 4.78 is 4.92. The average molecular weight is 448 g/mol. The summed E-state index contributed by atoms with van der Waals surface area (Å²) in [4.78, 5) is 55.0. The van der Waals surface area contributed by atoms with E-state index in [2.05, 4.69) is 10.3 Å². The van der Waals surface area contributed by atoms with Gasteiger partial charge < -0.3 is 20.3 Å². The smallest absolute Gasteiger partial charge is 0.336 e. The fraction of sp³-hybridized carbons (Fsp3) is 0.208. The quantitative estimate of drug-likeness (QED) is 0.370. The summed E-state index contributed by atoms with van der Waals surface area (Å²) in [5.74, 6) is -4.62. The molecule has 1 aliphatic rings. The van der Waals surface area contributed by atoms with Gasteiger partial charge in [-0.2, -0.15) is 0 Å². The van der Waals surface area contributed by atoms with E-state index >= 15 is 0 Å². The minimum absolute atomic E-state index is 0.0313. The van der Waals surface area contributed by atoms with Crippen LogP contribution in [0, 0.1) is 0 Å². The molecule has 3 N–H and O–H groups in total. The van der Waals surface area contributed by atoms with Gasteiger partial charge in [0.25, 0.3) is 5.91 Å². The number of ether oxygens (including phenoxy) is 1. The van der Waals surface area contributed by atoms with Crippen molar-refractivity contribution in [2.75, 3.05) is 20.3 Å². The minimum atomic E-state index is -1.39. The molecule has 0 bridgehead atoms. The van der Waals surface area contributed by atoms with Gasteiger partial charge in [0.2, 0.25) is 0 Å². The number of fused-ring (bicyclic) bond motifs is 2. The molecule has 4 rings (SSSR count). The molecular weight excluding hydrogens is 428 g/mol. The standard InChI is InChI=1S/C24H20N2O7/c1-33-9-3-8-25-23(30)15-10-13-14(11-16(15)24(31)32)22(29)19(21(13)28)17-7-6-12-4-2-5-18(27)20(12)26-17/h2,4-7,10-11,19,27H,3,8-9H2,1H3,(H,25,30)(H,31,32). The molecule has 0 saturated heterocycles. The molecule has 168 valence electrons. The van der Waals surface area contributed by atoms with Crippen LogP contribution < -0.4 is 5.32 Å². The van der Waals surface area contributed by atoms with E-state index in [4.69, 9.17) is 4.74 Å². The van der Waals surface area contributed by atoms with Crippen molar-refractivity contribution in [3.8, 4) is 5.75 Å². The van der Waals surface area contributed by atoms with E-state index in [-0.39, 0.29) is 45.8 Å². The van der Waals surface area contributed by atoms with E-state index in [0.29, 0.717) is 18.4 Å². The summed E-state index contributed by atoms with van der Waals surface area (Å²) in [7, 11) is 1.52. The van der Waals surface area contributed by atoms with E-state index in [9.17, 15) is 29.4 Å². The fourth-order valence-corrected chi connectivity index (χ4v) is 3.89. The van der Waals surface area contributed by atoms with Crippen molar-refractivity contribution in [1.82, 2.24) is 10.3 Å². The van der Waals surface area contributed by atoms with Gasteiger partial charge in [0.15, 0.2) is 11.6 Å². The van der Waals surface area contributed by atoms with Crippen LogP contribution >= 0.6 is 0 Å². The number of carbonyl (C=O) groups excluding carboxylic acids is 3. The number of aromatic carboxylic acids is 1. The number of ketones is 2. The van der Waals surface area contributed by atoms with Crippen molar-refractivity contribution in [2.24, 2.45) is 0 Å². The zero-order valence-corrected chi connectivity index (χ0v) is 17.6. The number of aromatic nitrogens is 1. The fourth-order valence-electron chi connectivity index (χ4n) is 3.89. The Kier molecular flexibility index (Phi) is 5.89. The second-order valence-electron chi connectivity index (χ2n) is 7.60. The second-order valence-corrected chi connectivity index (χ2v) is 7.60. The van der Waals surface area contributed by atoms with Crippen LogP contribution in [0.15, 0.2) is 42.5 Å². The number of carboxylic acids is 1. The van der Waals surface area contributed by atoms with Gasteiger partial charge in [-0.05, 0) is 30.7 Å². The zero-order chi connectivity index (χ0) is 23.7. The van der Waals surface area contributed by atoms with E-state index < -0.39 is 29.4 Å². The van der Waals surface area contributed by atoms with Gasteiger partial charge in [-0.3, -0.25) is 14.4 Å². The third kappa shape index (κ3) is 3.94. The van der Waals surface area contributed by atoms with Crippen LogP contribution in [-0.4, -0.2) is 58.9 Å². The number of carboxylic acid groups (broad SMARTS) is 1. The van der Waals surface area contributed by atoms with E-state index in [1.807, 2.05) is 0 Å². The molecule has 9 heteroatoms. The number of phenols is 1. The third-order valence-corrected chi connectivity index (χ3v) is 5.52. The van der Waals surface area contributed by atoms with Gasteiger partial charge in [0.05, 0.1) is 16.8 Å². The predicted octanol–water partition coefficient (Wildman–Crippen LogP) is 2.57. The lowest BCUT2D eigenvalue weighted by Gasteiger charge is -2.09. The molecule has 1 aromatic heterocycles. The molecule has 1 unspecified atom stereocenters. The topological polar surface area (TPSA) is 143 Å². The first-order valence-electron chi connectivity index (χ1n) is 10.2. The summed E-state index contributed by atoms with van der Waals surface area (Å²) in [6.45, 7) is 0.669. The average Bonchev–Trinajstić information content (AvgIpc) is 3.05. The highest BCUT2D eigenvalue weighted by Crippen LogP contribution is 2.36. The lowest BCUT2D eigenvalue weighted by Crippen LogP contribution is -2.27. The van der Waals surface area contributed by atoms with Crippen LogP contribution in [0.4, 0.5) is 0 Å². The highest BCUT2D eigenvalue weighted by molar-refractivity contribution is 6.30. The number of amides is 1. The number of nitrogens with zero attached hydrogens (tertiary/aromatic N) is 1. The van der Waals surface area contributed by atoms with Crippen molar-refractivity contribution in [3.05, 3.63) is 70.4 Å². The van der Waals surface area contributed by atoms with Crippen LogP contribution in [0.1, 0.15) is 59.5 Å². The number of nitrogens with one attached hydrogen (secondary N) is 1. The van der Waals surface area contributed by atoms with Crippen molar-refractivity contribution < 1.29 is 34.1 Å². The molecule has 1 atom stereocenters. The van der Waals surface area contributed by atoms with Gasteiger partial charge in [-0.15, -0.1) is 0 Å². The molecule has 0 aliphatic heterocycles. The Morgan fingerprint density at radius 2 is 1.76 bits per heavy atom. The lowest BCUT2D eigenvalue weighted by molar-refractivity contribution is 0.0690. The van der Waals surface area contributed by atoms with Gasteiger partial charge in [0, 0.05) is 36.8 Å². The number of benzene rings is 2. The monoisotopic (exact) mass is 448 g/mol. The number of phenolic OH excluding ortho intramolecular Hbond substituents is 1. The Hall–Kier alpha value is -4.11. The number of pyridine rings is 1. The number of Topliss-reactive ketones (excluding diaryl/α,β-unsaturated/α-hetero) is 2. The number of para-hydroxylation sites is 1. The summed E-state index contributed by atoms with van der Waals surface area (Å²) in [6, 6.07) is 10.2. The molecule has 1 heterocycles. The Labute approximate surface area is 188 Å². The first-order chi connectivity index (χ1) is 15.8. The maximum Gasteiger partial charge on any atom is 0.336 e. The van der Waals surface area contributed by atoms with Crippen molar-refractivity contribution in [3.63, 3.8) is 0 Å². The molecule has 1 amide bonds. The number of hydrogen-bond acceptors (Lipinski definition) is 7. The Morgan fingerprint density at radius 1 is 1.06 bits per heavy atom. The predicted molar refractivity (Wildman–Crippen MR) is 117 cm³/mol. The minimum Gasteiger partial charge on any atom is -0.506 e. The van der Waals surface area contributed by atoms with Gasteiger partial charge in [-0.25, -0.2) is 9.78 Å². The van der Waals surface area contributed by atoms with E-state index in [1.165, 1.54) is 19.2 Å². The van der Waals surface area contributed by atoms with Crippen LogP contribution in [0.2, 0.25) is 0 Å². The molecule has 0 saturated carbocycles. The van der Waals surface area contributed by atoms with Crippen molar-refractivity contribution in [1.29, 1.82) is 0 Å². The maximum absolute atomic E-state index is 13.2. The summed E-state index contributed by atoms with van der Waals surface area (Å²) in [6.07, 6.45) is 0.523. The number of carbonyl (C=O) groups is 4. The first kappa shape index (κ1) is 22.1. The Bertz CT molecular complexity index is 1320. The first-order valence-corrected chi connectivity index (χ1v) is 10.2. The van der Waals surface area contributed by atoms with Crippen LogP contribution in [0.25, 0.3) is 10.9 Å². The van der Waals surface area contributed by atoms with Crippen LogP contribution in [0.5, 0.6) is 5.75 Å². The molecule has 9 nitrogen and oxygen atoms in total. The normalized spacial score (nSPS) is 15.0. The Balaban J connectivity index is 1.73. The van der Waals surface area contributed by atoms with Crippen molar-refractivity contribution >= 4 is 34.3 Å². The molecule has 2 aromatic carbocycles. The molecule has 33 heavy (non-hydrogen) atoms. The molecule has 0 fully saturated rings. The SMILES string of the molecule is COCCCNC(=O)c1cc2c(cc1C(=O)O)C(=O)C(c1ccc3cccc(O)c3n1)C2=O. The molecule has 0 radical (unpaired) electrons. The summed E-state index contributed by atoms with van der Waals surface area (Å²) in [5, 5.41) is 22.9. The van der Waals surface area contributed by atoms with E-state index in [1.54, 1.807) is 18.2 Å². The van der Waals surface area contributed by atoms with Crippen LogP contribution in [0.3, 0.4) is 0 Å². The molecular formula is C24H20N2O7.